The van der Waals surface area contributed by atoms with E-state index in [-0.39, 0.29) is 5.91 Å². The fraction of sp³-hybridized carbons (Fsp3) is 0.696. The summed E-state index contributed by atoms with van der Waals surface area (Å²) in [5.74, 6) is 0.976. The third kappa shape index (κ3) is 4.06. The van der Waals surface area contributed by atoms with Crippen LogP contribution in [0.4, 0.5) is 5.69 Å². The van der Waals surface area contributed by atoms with Crippen molar-refractivity contribution in [3.8, 4) is 0 Å². The number of rotatable bonds is 6. The summed E-state index contributed by atoms with van der Waals surface area (Å²) < 4.78 is 0. The van der Waals surface area contributed by atoms with E-state index < -0.39 is 0 Å². The topological polar surface area (TPSA) is 30.0 Å². The highest BCUT2D eigenvalue weighted by Gasteiger charge is 2.31. The number of carbonyl (C=O) groups is 1. The summed E-state index contributed by atoms with van der Waals surface area (Å²) in [6.07, 6.45) is 3.73. The van der Waals surface area contributed by atoms with E-state index in [2.05, 4.69) is 52.6 Å². The van der Waals surface area contributed by atoms with Crippen molar-refractivity contribution in [3.63, 3.8) is 0 Å². The minimum atomic E-state index is 0.221. The maximum absolute atomic E-state index is 13.2. The van der Waals surface area contributed by atoms with E-state index in [1.54, 1.807) is 0 Å². The van der Waals surface area contributed by atoms with Crippen molar-refractivity contribution in [3.05, 3.63) is 29.3 Å². The molecule has 1 aromatic carbocycles. The van der Waals surface area contributed by atoms with Gasteiger partial charge in [0.1, 0.15) is 0 Å². The van der Waals surface area contributed by atoms with Crippen LogP contribution >= 0.6 is 0 Å². The highest BCUT2D eigenvalue weighted by Crippen LogP contribution is 2.34. The number of likely N-dealkylation sites (tertiary alicyclic amines) is 1. The van der Waals surface area contributed by atoms with Gasteiger partial charge in [0, 0.05) is 51.9 Å². The van der Waals surface area contributed by atoms with Crippen molar-refractivity contribution in [1.29, 1.82) is 0 Å². The van der Waals surface area contributed by atoms with E-state index in [4.69, 9.17) is 0 Å². The molecule has 1 aromatic rings. The van der Waals surface area contributed by atoms with E-state index >= 15 is 0 Å². The smallest absolute Gasteiger partial charge is 0.256 e. The van der Waals surface area contributed by atoms with Gasteiger partial charge in [-0.15, -0.1) is 0 Å². The zero-order valence-electron chi connectivity index (χ0n) is 17.9. The Labute approximate surface area is 170 Å². The van der Waals surface area contributed by atoms with Gasteiger partial charge in [-0.1, -0.05) is 12.1 Å². The highest BCUT2D eigenvalue weighted by molar-refractivity contribution is 6.01. The number of hydrogen-bond acceptors (Lipinski definition) is 4. The van der Waals surface area contributed by atoms with Crippen LogP contribution in [0.5, 0.6) is 0 Å². The van der Waals surface area contributed by atoms with Crippen LogP contribution in [0.25, 0.3) is 0 Å². The van der Waals surface area contributed by atoms with Gasteiger partial charge in [0.2, 0.25) is 0 Å². The second-order valence-electron chi connectivity index (χ2n) is 9.20. The summed E-state index contributed by atoms with van der Waals surface area (Å²) in [5, 5.41) is 0. The van der Waals surface area contributed by atoms with Gasteiger partial charge in [-0.2, -0.15) is 0 Å². The van der Waals surface area contributed by atoms with Crippen LogP contribution in [0, 0.1) is 5.92 Å². The van der Waals surface area contributed by atoms with Crippen molar-refractivity contribution in [1.82, 2.24) is 14.7 Å². The molecule has 3 aliphatic heterocycles. The van der Waals surface area contributed by atoms with Gasteiger partial charge in [-0.3, -0.25) is 4.79 Å². The lowest BCUT2D eigenvalue weighted by Crippen LogP contribution is -2.45. The zero-order valence-corrected chi connectivity index (χ0v) is 17.9. The number of benzene rings is 1. The normalized spacial score (nSPS) is 22.9. The fourth-order valence-electron chi connectivity index (χ4n) is 5.20. The molecule has 3 heterocycles. The summed E-state index contributed by atoms with van der Waals surface area (Å²) in [6, 6.07) is 6.90. The number of nitrogens with zero attached hydrogens (tertiary/aromatic N) is 4. The largest absolute Gasteiger partial charge is 0.369 e. The van der Waals surface area contributed by atoms with Crippen LogP contribution in [-0.4, -0.2) is 86.1 Å². The second kappa shape index (κ2) is 8.42. The Morgan fingerprint density at radius 3 is 2.86 bits per heavy atom. The van der Waals surface area contributed by atoms with Crippen molar-refractivity contribution in [2.75, 3.05) is 64.3 Å². The molecule has 3 aliphatic rings. The van der Waals surface area contributed by atoms with Crippen LogP contribution < -0.4 is 4.90 Å². The summed E-state index contributed by atoms with van der Waals surface area (Å²) in [6.45, 7) is 12.9. The molecule has 28 heavy (non-hydrogen) atoms. The van der Waals surface area contributed by atoms with Crippen LogP contribution in [0.15, 0.2) is 18.2 Å². The van der Waals surface area contributed by atoms with Crippen molar-refractivity contribution >= 4 is 11.6 Å². The van der Waals surface area contributed by atoms with E-state index in [9.17, 15) is 4.79 Å². The molecule has 154 valence electrons. The Morgan fingerprint density at radius 1 is 1.18 bits per heavy atom. The second-order valence-corrected chi connectivity index (χ2v) is 9.20. The predicted molar refractivity (Wildman–Crippen MR) is 115 cm³/mol. The Balaban J connectivity index is 1.33. The molecule has 5 heteroatoms. The van der Waals surface area contributed by atoms with E-state index in [0.29, 0.717) is 6.04 Å². The molecule has 1 amide bonds. The molecule has 1 saturated heterocycles. The van der Waals surface area contributed by atoms with Gasteiger partial charge in [-0.25, -0.2) is 0 Å². The molecule has 0 spiro atoms. The van der Waals surface area contributed by atoms with Crippen molar-refractivity contribution in [2.24, 2.45) is 5.92 Å². The van der Waals surface area contributed by atoms with Crippen molar-refractivity contribution in [2.45, 2.75) is 39.2 Å². The van der Waals surface area contributed by atoms with Crippen molar-refractivity contribution < 1.29 is 4.79 Å². The van der Waals surface area contributed by atoms with Gasteiger partial charge < -0.3 is 19.6 Å². The number of likely N-dealkylation sites (N-methyl/N-ethyl adjacent to an activating group) is 1. The first kappa shape index (κ1) is 19.7. The maximum Gasteiger partial charge on any atom is 0.256 e. The standard InChI is InChI=1S/C23H36N4O/c1-18(2)27-10-5-6-19(17-27)16-24(3)12-13-26-15-14-25-11-9-20-7-4-8-21(22(20)25)23(26)28/h4,7-8,18-19H,5-6,9-17H2,1-3H3. The molecule has 1 unspecified atom stereocenters. The predicted octanol–water partition coefficient (Wildman–Crippen LogP) is 2.56. The number of anilines is 1. The molecule has 0 aliphatic carbocycles. The first-order chi connectivity index (χ1) is 13.5. The molecule has 4 rings (SSSR count). The third-order valence-corrected chi connectivity index (χ3v) is 6.85. The molecule has 0 radical (unpaired) electrons. The summed E-state index contributed by atoms with van der Waals surface area (Å²) in [4.78, 5) is 22.7. The van der Waals surface area contributed by atoms with Crippen LogP contribution in [0.1, 0.15) is 42.6 Å². The first-order valence-electron chi connectivity index (χ1n) is 11.1. The molecule has 0 bridgehead atoms. The Bertz CT molecular complexity index is 704. The number of hydrogen-bond donors (Lipinski definition) is 0. The SMILES string of the molecule is CC(C)N1CCCC(CN(C)CCN2CCN3CCc4cccc(c43)C2=O)C1. The number of amides is 1. The van der Waals surface area contributed by atoms with Crippen LogP contribution in [0.2, 0.25) is 0 Å². The Kier molecular flexibility index (Phi) is 5.93. The molecule has 0 aromatic heterocycles. The zero-order chi connectivity index (χ0) is 19.7. The van der Waals surface area contributed by atoms with E-state index in [1.165, 1.54) is 37.2 Å². The van der Waals surface area contributed by atoms with Gasteiger partial charge in [-0.05, 0) is 64.3 Å². The lowest BCUT2D eigenvalue weighted by molar-refractivity contribution is 0.0737. The average Bonchev–Trinajstić information content (AvgIpc) is 3.05. The Hall–Kier alpha value is -1.59. The van der Waals surface area contributed by atoms with Gasteiger partial charge >= 0.3 is 0 Å². The number of carbonyl (C=O) groups excluding carboxylic acids is 1. The molecule has 0 saturated carbocycles. The molecule has 1 fully saturated rings. The lowest BCUT2D eigenvalue weighted by Gasteiger charge is -2.37. The lowest BCUT2D eigenvalue weighted by atomic mass is 9.96. The van der Waals surface area contributed by atoms with E-state index in [1.807, 2.05) is 6.07 Å². The van der Waals surface area contributed by atoms with E-state index in [0.717, 1.165) is 57.2 Å². The minimum absolute atomic E-state index is 0.221. The maximum atomic E-state index is 13.2. The van der Waals surface area contributed by atoms with Gasteiger partial charge in [0.05, 0.1) is 11.3 Å². The number of piperidine rings is 1. The summed E-state index contributed by atoms with van der Waals surface area (Å²) in [5.41, 5.74) is 3.46. The van der Waals surface area contributed by atoms with Gasteiger partial charge in [0.25, 0.3) is 5.91 Å². The monoisotopic (exact) mass is 384 g/mol. The molecule has 5 nitrogen and oxygen atoms in total. The minimum Gasteiger partial charge on any atom is -0.369 e. The van der Waals surface area contributed by atoms with Crippen LogP contribution in [-0.2, 0) is 6.42 Å². The summed E-state index contributed by atoms with van der Waals surface area (Å²) >= 11 is 0. The molecular weight excluding hydrogens is 348 g/mol. The molecular formula is C23H36N4O. The fourth-order valence-corrected chi connectivity index (χ4v) is 5.20. The number of para-hydroxylation sites is 1. The molecule has 0 N–H and O–H groups in total. The quantitative estimate of drug-likeness (QED) is 0.754. The van der Waals surface area contributed by atoms with Crippen LogP contribution in [0.3, 0.4) is 0 Å². The van der Waals surface area contributed by atoms with Gasteiger partial charge in [0.15, 0.2) is 0 Å². The first-order valence-corrected chi connectivity index (χ1v) is 11.1. The average molecular weight is 385 g/mol. The Morgan fingerprint density at radius 2 is 2.04 bits per heavy atom. The highest BCUT2D eigenvalue weighted by atomic mass is 16.2. The molecule has 1 atom stereocenters. The summed E-state index contributed by atoms with van der Waals surface area (Å²) in [7, 11) is 2.22. The third-order valence-electron chi connectivity index (χ3n) is 6.85.